The molecule has 1 amide bonds. The summed E-state index contributed by atoms with van der Waals surface area (Å²) in [5.41, 5.74) is 0.938. The summed E-state index contributed by atoms with van der Waals surface area (Å²) in [5, 5.41) is 12.8. The van der Waals surface area contributed by atoms with Crippen LogP contribution < -0.4 is 0 Å². The van der Waals surface area contributed by atoms with Gasteiger partial charge in [-0.3, -0.25) is 14.3 Å². The number of amides is 1. The van der Waals surface area contributed by atoms with E-state index < -0.39 is 5.97 Å². The van der Waals surface area contributed by atoms with Crippen LogP contribution in [-0.2, 0) is 22.7 Å². The highest BCUT2D eigenvalue weighted by molar-refractivity contribution is 9.10. The Bertz CT molecular complexity index is 643. The maximum absolute atomic E-state index is 12.4. The van der Waals surface area contributed by atoms with Gasteiger partial charge in [0.2, 0.25) is 5.91 Å². The van der Waals surface area contributed by atoms with Crippen molar-refractivity contribution in [3.05, 3.63) is 52.8 Å². The molecule has 0 fully saturated rings. The van der Waals surface area contributed by atoms with Gasteiger partial charge >= 0.3 is 5.97 Å². The summed E-state index contributed by atoms with van der Waals surface area (Å²) in [6.45, 7) is 0.634. The van der Waals surface area contributed by atoms with Gasteiger partial charge in [-0.15, -0.1) is 0 Å². The fourth-order valence-corrected chi connectivity index (χ4v) is 2.46. The van der Waals surface area contributed by atoms with Crippen LogP contribution in [0.15, 0.2) is 47.2 Å². The van der Waals surface area contributed by atoms with E-state index in [0.717, 1.165) is 10.0 Å². The summed E-state index contributed by atoms with van der Waals surface area (Å²) < 4.78 is 2.44. The van der Waals surface area contributed by atoms with Crippen molar-refractivity contribution in [1.29, 1.82) is 0 Å². The molecule has 0 saturated heterocycles. The number of halogens is 1. The number of nitrogens with zero attached hydrogens (tertiary/aromatic N) is 3. The summed E-state index contributed by atoms with van der Waals surface area (Å²) in [6, 6.07) is 9.33. The van der Waals surface area contributed by atoms with Gasteiger partial charge < -0.3 is 10.0 Å². The van der Waals surface area contributed by atoms with Crippen molar-refractivity contribution >= 4 is 27.8 Å². The monoisotopic (exact) mass is 365 g/mol. The number of aromatic nitrogens is 2. The van der Waals surface area contributed by atoms with Crippen molar-refractivity contribution in [2.75, 3.05) is 6.54 Å². The normalized spacial score (nSPS) is 10.4. The first-order valence-corrected chi connectivity index (χ1v) is 7.55. The van der Waals surface area contributed by atoms with Crippen LogP contribution >= 0.6 is 15.9 Å². The number of carboxylic acid groups (broad SMARTS) is 1. The molecule has 1 aromatic heterocycles. The van der Waals surface area contributed by atoms with Crippen LogP contribution in [0.3, 0.4) is 0 Å². The average Bonchev–Trinajstić information content (AvgIpc) is 2.96. The molecule has 0 aliphatic rings. The van der Waals surface area contributed by atoms with E-state index in [1.807, 2.05) is 24.3 Å². The molecular formula is C15H16BrN3O3. The molecule has 1 heterocycles. The topological polar surface area (TPSA) is 75.4 Å². The SMILES string of the molecule is O=C(O)CCN(Cc1cccc(Br)c1)C(=O)Cn1cccn1. The number of benzene rings is 1. The fourth-order valence-electron chi connectivity index (χ4n) is 2.01. The van der Waals surface area contributed by atoms with Gasteiger partial charge in [0.15, 0.2) is 0 Å². The van der Waals surface area contributed by atoms with Crippen LogP contribution in [0.1, 0.15) is 12.0 Å². The van der Waals surface area contributed by atoms with E-state index in [-0.39, 0.29) is 25.4 Å². The van der Waals surface area contributed by atoms with Gasteiger partial charge in [-0.2, -0.15) is 5.10 Å². The predicted molar refractivity (Wildman–Crippen MR) is 84.0 cm³/mol. The van der Waals surface area contributed by atoms with Gasteiger partial charge in [0.05, 0.1) is 6.42 Å². The van der Waals surface area contributed by atoms with Crippen LogP contribution in [0.4, 0.5) is 0 Å². The lowest BCUT2D eigenvalue weighted by Crippen LogP contribution is -2.35. The van der Waals surface area contributed by atoms with Crippen molar-refractivity contribution in [3.8, 4) is 0 Å². The first-order valence-electron chi connectivity index (χ1n) is 6.76. The van der Waals surface area contributed by atoms with E-state index >= 15 is 0 Å². The van der Waals surface area contributed by atoms with Crippen LogP contribution in [0.2, 0.25) is 0 Å². The van der Waals surface area contributed by atoms with E-state index in [4.69, 9.17) is 5.11 Å². The van der Waals surface area contributed by atoms with Crippen LogP contribution in [0, 0.1) is 0 Å². The van der Waals surface area contributed by atoms with Crippen molar-refractivity contribution in [1.82, 2.24) is 14.7 Å². The maximum Gasteiger partial charge on any atom is 0.305 e. The number of carbonyl (C=O) groups excluding carboxylic acids is 1. The van der Waals surface area contributed by atoms with Crippen LogP contribution in [-0.4, -0.2) is 38.2 Å². The largest absolute Gasteiger partial charge is 0.481 e. The van der Waals surface area contributed by atoms with Gasteiger partial charge in [-0.05, 0) is 23.8 Å². The molecule has 6 nitrogen and oxygen atoms in total. The van der Waals surface area contributed by atoms with Gasteiger partial charge in [0, 0.05) is 30.0 Å². The Morgan fingerprint density at radius 1 is 1.32 bits per heavy atom. The molecule has 0 saturated carbocycles. The molecule has 0 radical (unpaired) electrons. The second-order valence-corrected chi connectivity index (χ2v) is 5.71. The number of rotatable bonds is 7. The average molecular weight is 366 g/mol. The summed E-state index contributed by atoms with van der Waals surface area (Å²) >= 11 is 3.39. The minimum Gasteiger partial charge on any atom is -0.481 e. The Balaban J connectivity index is 2.07. The molecule has 0 aliphatic carbocycles. The van der Waals surface area contributed by atoms with Crippen molar-refractivity contribution < 1.29 is 14.7 Å². The highest BCUT2D eigenvalue weighted by Crippen LogP contribution is 2.14. The van der Waals surface area contributed by atoms with Gasteiger partial charge in [-0.25, -0.2) is 0 Å². The minimum atomic E-state index is -0.925. The third-order valence-corrected chi connectivity index (χ3v) is 3.56. The first kappa shape index (κ1) is 16.2. The highest BCUT2D eigenvalue weighted by Gasteiger charge is 2.16. The molecule has 116 valence electrons. The number of carbonyl (C=O) groups is 2. The van der Waals surface area contributed by atoms with Crippen molar-refractivity contribution in [2.24, 2.45) is 0 Å². The second-order valence-electron chi connectivity index (χ2n) is 4.79. The Morgan fingerprint density at radius 2 is 2.14 bits per heavy atom. The van der Waals surface area contributed by atoms with Gasteiger partial charge in [-0.1, -0.05) is 28.1 Å². The first-order chi connectivity index (χ1) is 10.5. The molecule has 0 unspecified atom stereocenters. The number of carboxylic acids is 1. The summed E-state index contributed by atoms with van der Waals surface area (Å²) in [6.07, 6.45) is 3.22. The van der Waals surface area contributed by atoms with Crippen molar-refractivity contribution in [2.45, 2.75) is 19.5 Å². The number of hydrogen-bond donors (Lipinski definition) is 1. The van der Waals surface area contributed by atoms with E-state index in [1.54, 1.807) is 18.5 Å². The van der Waals surface area contributed by atoms with E-state index in [1.165, 1.54) is 9.58 Å². The third kappa shape index (κ3) is 5.00. The molecule has 0 aliphatic heterocycles. The zero-order valence-electron chi connectivity index (χ0n) is 11.9. The van der Waals surface area contributed by atoms with Gasteiger partial charge in [0.25, 0.3) is 0 Å². The molecular weight excluding hydrogens is 350 g/mol. The molecule has 0 bridgehead atoms. The van der Waals surface area contributed by atoms with E-state index in [2.05, 4.69) is 21.0 Å². The molecule has 2 aromatic rings. The number of aliphatic carboxylic acids is 1. The molecule has 1 aromatic carbocycles. The Hall–Kier alpha value is -2.15. The molecule has 22 heavy (non-hydrogen) atoms. The maximum atomic E-state index is 12.4. The zero-order chi connectivity index (χ0) is 15.9. The smallest absolute Gasteiger partial charge is 0.305 e. The van der Waals surface area contributed by atoms with Crippen LogP contribution in [0.25, 0.3) is 0 Å². The molecule has 0 atom stereocenters. The molecule has 2 rings (SSSR count). The summed E-state index contributed by atoms with van der Waals surface area (Å²) in [7, 11) is 0. The standard InChI is InChI=1S/C15H16BrN3O3/c16-13-4-1-3-12(9-13)10-18(8-5-15(21)22)14(20)11-19-7-2-6-17-19/h1-4,6-7,9H,5,8,10-11H2,(H,21,22). The Morgan fingerprint density at radius 3 is 2.77 bits per heavy atom. The predicted octanol–water partition coefficient (Wildman–Crippen LogP) is 2.15. The zero-order valence-corrected chi connectivity index (χ0v) is 13.4. The van der Waals surface area contributed by atoms with E-state index in [9.17, 15) is 9.59 Å². The van der Waals surface area contributed by atoms with Crippen molar-refractivity contribution in [3.63, 3.8) is 0 Å². The Labute approximate surface area is 136 Å². The van der Waals surface area contributed by atoms with Gasteiger partial charge in [0.1, 0.15) is 6.54 Å². The fraction of sp³-hybridized carbons (Fsp3) is 0.267. The molecule has 0 spiro atoms. The minimum absolute atomic E-state index is 0.0845. The quantitative estimate of drug-likeness (QED) is 0.815. The lowest BCUT2D eigenvalue weighted by molar-refractivity contribution is -0.139. The highest BCUT2D eigenvalue weighted by atomic mass is 79.9. The van der Waals surface area contributed by atoms with E-state index in [0.29, 0.717) is 6.54 Å². The summed E-state index contributed by atoms with van der Waals surface area (Å²) in [4.78, 5) is 24.7. The van der Waals surface area contributed by atoms with Crippen LogP contribution in [0.5, 0.6) is 0 Å². The Kier molecular flexibility index (Phi) is 5.71. The summed E-state index contributed by atoms with van der Waals surface area (Å²) in [5.74, 6) is -1.09. The third-order valence-electron chi connectivity index (χ3n) is 3.07. The molecule has 1 N–H and O–H groups in total. The lowest BCUT2D eigenvalue weighted by Gasteiger charge is -2.22. The second kappa shape index (κ2) is 7.74. The molecule has 7 heteroatoms. The number of hydrogen-bond acceptors (Lipinski definition) is 3. The lowest BCUT2D eigenvalue weighted by atomic mass is 10.2.